The SMILES string of the molecule is COc1ccc(C)cc1N(CCNC(=O)C(C)(C)C)S(C)(=O)=O. The maximum Gasteiger partial charge on any atom is 0.232 e. The Bertz CT molecular complexity index is 663. The van der Waals surface area contributed by atoms with E-state index in [1.165, 1.54) is 11.4 Å². The van der Waals surface area contributed by atoms with Gasteiger partial charge in [0, 0.05) is 12.0 Å². The monoisotopic (exact) mass is 342 g/mol. The number of amides is 1. The predicted molar refractivity (Wildman–Crippen MR) is 92.4 cm³/mol. The van der Waals surface area contributed by atoms with Crippen LogP contribution in [0, 0.1) is 12.3 Å². The second-order valence-corrected chi connectivity index (χ2v) is 8.42. The average Bonchev–Trinajstić information content (AvgIpc) is 2.40. The zero-order chi connectivity index (χ0) is 17.8. The molecule has 0 aliphatic carbocycles. The maximum atomic E-state index is 12.1. The molecule has 1 rings (SSSR count). The van der Waals surface area contributed by atoms with Gasteiger partial charge < -0.3 is 10.1 Å². The number of ether oxygens (including phenoxy) is 1. The van der Waals surface area contributed by atoms with E-state index in [1.54, 1.807) is 32.9 Å². The molecule has 1 N–H and O–H groups in total. The van der Waals surface area contributed by atoms with Crippen molar-refractivity contribution in [2.75, 3.05) is 30.8 Å². The van der Waals surface area contributed by atoms with Gasteiger partial charge in [0.25, 0.3) is 0 Å². The summed E-state index contributed by atoms with van der Waals surface area (Å²) >= 11 is 0. The molecule has 0 fully saturated rings. The van der Waals surface area contributed by atoms with E-state index < -0.39 is 15.4 Å². The van der Waals surface area contributed by atoms with Gasteiger partial charge in [-0.3, -0.25) is 9.10 Å². The molecule has 0 aromatic heterocycles. The van der Waals surface area contributed by atoms with Crippen LogP contribution >= 0.6 is 0 Å². The van der Waals surface area contributed by atoms with Crippen LogP contribution in [0.1, 0.15) is 26.3 Å². The third-order valence-electron chi connectivity index (χ3n) is 3.29. The summed E-state index contributed by atoms with van der Waals surface area (Å²) in [7, 11) is -2.00. The number of anilines is 1. The number of methoxy groups -OCH3 is 1. The molecule has 0 aliphatic heterocycles. The van der Waals surface area contributed by atoms with Crippen LogP contribution in [0.2, 0.25) is 0 Å². The number of carbonyl (C=O) groups is 1. The molecule has 0 spiro atoms. The van der Waals surface area contributed by atoms with Gasteiger partial charge in [0.1, 0.15) is 5.75 Å². The van der Waals surface area contributed by atoms with Gasteiger partial charge >= 0.3 is 0 Å². The highest BCUT2D eigenvalue weighted by Crippen LogP contribution is 2.30. The molecular weight excluding hydrogens is 316 g/mol. The average molecular weight is 342 g/mol. The number of benzene rings is 1. The predicted octanol–water partition coefficient (Wildman–Crippen LogP) is 1.93. The molecule has 6 nitrogen and oxygen atoms in total. The number of sulfonamides is 1. The van der Waals surface area contributed by atoms with Crippen LogP contribution in [0.4, 0.5) is 5.69 Å². The summed E-state index contributed by atoms with van der Waals surface area (Å²) in [5.41, 5.74) is 0.880. The number of nitrogens with one attached hydrogen (secondary N) is 1. The largest absolute Gasteiger partial charge is 0.495 e. The van der Waals surface area contributed by atoms with Crippen LogP contribution in [0.5, 0.6) is 5.75 Å². The van der Waals surface area contributed by atoms with Crippen LogP contribution in [0.15, 0.2) is 18.2 Å². The number of hydrogen-bond acceptors (Lipinski definition) is 4. The fourth-order valence-corrected chi connectivity index (χ4v) is 2.92. The van der Waals surface area contributed by atoms with Crippen molar-refractivity contribution in [2.45, 2.75) is 27.7 Å². The number of hydrogen-bond donors (Lipinski definition) is 1. The van der Waals surface area contributed by atoms with Crippen molar-refractivity contribution < 1.29 is 17.9 Å². The maximum absolute atomic E-state index is 12.1. The lowest BCUT2D eigenvalue weighted by Gasteiger charge is -2.25. The highest BCUT2D eigenvalue weighted by atomic mass is 32.2. The van der Waals surface area contributed by atoms with E-state index in [0.29, 0.717) is 11.4 Å². The van der Waals surface area contributed by atoms with Crippen molar-refractivity contribution in [3.05, 3.63) is 23.8 Å². The topological polar surface area (TPSA) is 75.7 Å². The standard InChI is InChI=1S/C16H26N2O4S/c1-12-7-8-14(22-5)13(11-12)18(23(6,20)21)10-9-17-15(19)16(2,3)4/h7-8,11H,9-10H2,1-6H3,(H,17,19). The van der Waals surface area contributed by atoms with Crippen molar-refractivity contribution in [2.24, 2.45) is 5.41 Å². The second-order valence-electron chi connectivity index (χ2n) is 6.52. The fourth-order valence-electron chi connectivity index (χ4n) is 2.00. The molecule has 0 heterocycles. The summed E-state index contributed by atoms with van der Waals surface area (Å²) in [6.07, 6.45) is 1.14. The van der Waals surface area contributed by atoms with Gasteiger partial charge in [-0.25, -0.2) is 8.42 Å². The van der Waals surface area contributed by atoms with Gasteiger partial charge in [0.2, 0.25) is 15.9 Å². The van der Waals surface area contributed by atoms with Crippen molar-refractivity contribution in [3.8, 4) is 5.75 Å². The summed E-state index contributed by atoms with van der Waals surface area (Å²) in [6.45, 7) is 7.66. The lowest BCUT2D eigenvalue weighted by Crippen LogP contribution is -2.41. The minimum atomic E-state index is -3.50. The zero-order valence-corrected chi connectivity index (χ0v) is 15.5. The van der Waals surface area contributed by atoms with Crippen LogP contribution in [0.3, 0.4) is 0 Å². The summed E-state index contributed by atoms with van der Waals surface area (Å²) < 4.78 is 30.8. The van der Waals surface area contributed by atoms with Gasteiger partial charge in [-0.05, 0) is 24.6 Å². The van der Waals surface area contributed by atoms with Crippen molar-refractivity contribution >= 4 is 21.6 Å². The molecule has 23 heavy (non-hydrogen) atoms. The van der Waals surface area contributed by atoms with Crippen LogP contribution in [-0.2, 0) is 14.8 Å². The molecule has 0 aliphatic rings. The third-order valence-corrected chi connectivity index (χ3v) is 4.46. The van der Waals surface area contributed by atoms with E-state index in [-0.39, 0.29) is 19.0 Å². The van der Waals surface area contributed by atoms with Crippen LogP contribution in [0.25, 0.3) is 0 Å². The van der Waals surface area contributed by atoms with Crippen LogP contribution < -0.4 is 14.4 Å². The molecule has 1 aromatic carbocycles. The number of carbonyl (C=O) groups excluding carboxylic acids is 1. The fraction of sp³-hybridized carbons (Fsp3) is 0.562. The second kappa shape index (κ2) is 7.21. The quantitative estimate of drug-likeness (QED) is 0.857. The van der Waals surface area contributed by atoms with Gasteiger partial charge in [-0.1, -0.05) is 26.8 Å². The number of aryl methyl sites for hydroxylation is 1. The van der Waals surface area contributed by atoms with E-state index in [1.807, 2.05) is 13.0 Å². The lowest BCUT2D eigenvalue weighted by atomic mass is 9.96. The Morgan fingerprint density at radius 1 is 1.30 bits per heavy atom. The Morgan fingerprint density at radius 2 is 1.91 bits per heavy atom. The van der Waals surface area contributed by atoms with Crippen molar-refractivity contribution in [1.29, 1.82) is 0 Å². The van der Waals surface area contributed by atoms with Gasteiger partial charge in [0.15, 0.2) is 0 Å². The highest BCUT2D eigenvalue weighted by molar-refractivity contribution is 7.92. The van der Waals surface area contributed by atoms with E-state index in [2.05, 4.69) is 5.32 Å². The number of rotatable bonds is 6. The summed E-state index contributed by atoms with van der Waals surface area (Å²) in [6, 6.07) is 5.34. The molecule has 0 saturated carbocycles. The van der Waals surface area contributed by atoms with Crippen molar-refractivity contribution in [3.63, 3.8) is 0 Å². The summed E-state index contributed by atoms with van der Waals surface area (Å²) in [4.78, 5) is 11.9. The first-order valence-corrected chi connectivity index (χ1v) is 9.22. The molecule has 7 heteroatoms. The van der Waals surface area contributed by atoms with E-state index in [9.17, 15) is 13.2 Å². The normalized spacial score (nSPS) is 11.9. The lowest BCUT2D eigenvalue weighted by molar-refractivity contribution is -0.128. The Balaban J connectivity index is 3.00. The van der Waals surface area contributed by atoms with Crippen LogP contribution in [-0.4, -0.2) is 40.8 Å². The Morgan fingerprint density at radius 3 is 2.39 bits per heavy atom. The molecule has 1 amide bonds. The first kappa shape index (κ1) is 19.3. The Labute approximate surface area is 138 Å². The summed E-state index contributed by atoms with van der Waals surface area (Å²) in [5.74, 6) is 0.352. The highest BCUT2D eigenvalue weighted by Gasteiger charge is 2.24. The minimum absolute atomic E-state index is 0.123. The number of nitrogens with zero attached hydrogens (tertiary/aromatic N) is 1. The minimum Gasteiger partial charge on any atom is -0.495 e. The first-order valence-electron chi connectivity index (χ1n) is 7.37. The molecule has 0 saturated heterocycles. The Hall–Kier alpha value is -1.76. The summed E-state index contributed by atoms with van der Waals surface area (Å²) in [5, 5.41) is 2.76. The third kappa shape index (κ3) is 5.42. The zero-order valence-electron chi connectivity index (χ0n) is 14.6. The van der Waals surface area contributed by atoms with Crippen molar-refractivity contribution in [1.82, 2.24) is 5.32 Å². The van der Waals surface area contributed by atoms with E-state index in [4.69, 9.17) is 4.74 Å². The molecule has 0 radical (unpaired) electrons. The van der Waals surface area contributed by atoms with Gasteiger partial charge in [-0.2, -0.15) is 0 Å². The van der Waals surface area contributed by atoms with Gasteiger partial charge in [-0.15, -0.1) is 0 Å². The molecular formula is C16H26N2O4S. The first-order chi connectivity index (χ1) is 10.5. The van der Waals surface area contributed by atoms with E-state index in [0.717, 1.165) is 11.8 Å². The smallest absolute Gasteiger partial charge is 0.232 e. The van der Waals surface area contributed by atoms with Gasteiger partial charge in [0.05, 0.1) is 25.6 Å². The Kier molecular flexibility index (Phi) is 6.04. The molecule has 130 valence electrons. The molecule has 0 unspecified atom stereocenters. The van der Waals surface area contributed by atoms with E-state index >= 15 is 0 Å². The molecule has 1 aromatic rings. The molecule has 0 bridgehead atoms. The molecule has 0 atom stereocenters.